The Morgan fingerprint density at radius 2 is 2.05 bits per heavy atom. The summed E-state index contributed by atoms with van der Waals surface area (Å²) in [5.41, 5.74) is 6.94. The molecule has 0 saturated heterocycles. The molecule has 2 nitrogen and oxygen atoms in total. The highest BCUT2D eigenvalue weighted by Gasteiger charge is 2.08. The molecule has 0 heterocycles. The Morgan fingerprint density at radius 3 is 2.74 bits per heavy atom. The van der Waals surface area contributed by atoms with Crippen molar-refractivity contribution in [3.63, 3.8) is 0 Å². The molecule has 0 aliphatic heterocycles. The lowest BCUT2D eigenvalue weighted by Crippen LogP contribution is -2.18. The van der Waals surface area contributed by atoms with Gasteiger partial charge in [0.25, 0.3) is 0 Å². The average Bonchev–Trinajstić information content (AvgIpc) is 2.32. The molecule has 1 atom stereocenters. The highest BCUT2D eigenvalue weighted by Crippen LogP contribution is 2.30. The summed E-state index contributed by atoms with van der Waals surface area (Å²) in [6.07, 6.45) is 0.767. The Labute approximate surface area is 126 Å². The van der Waals surface area contributed by atoms with Gasteiger partial charge in [-0.1, -0.05) is 39.7 Å². The summed E-state index contributed by atoms with van der Waals surface area (Å²) >= 11 is 9.41. The van der Waals surface area contributed by atoms with Crippen LogP contribution < -0.4 is 10.5 Å². The summed E-state index contributed by atoms with van der Waals surface area (Å²) < 4.78 is 6.87. The smallest absolute Gasteiger partial charge is 0.131 e. The normalized spacial score (nSPS) is 12.2. The van der Waals surface area contributed by atoms with Gasteiger partial charge in [-0.3, -0.25) is 0 Å². The first-order valence-electron chi connectivity index (χ1n) is 6.02. The standard InChI is InChI=1S/C15H15BrClNO/c1-10(18)7-11-5-6-12(16)8-15(11)19-14-4-2-3-13(17)9-14/h2-6,8-10H,7,18H2,1H3. The van der Waals surface area contributed by atoms with Gasteiger partial charge in [0.1, 0.15) is 11.5 Å². The second kappa shape index (κ2) is 6.42. The maximum Gasteiger partial charge on any atom is 0.131 e. The summed E-state index contributed by atoms with van der Waals surface area (Å²) in [4.78, 5) is 0. The molecule has 0 aliphatic rings. The van der Waals surface area contributed by atoms with Gasteiger partial charge < -0.3 is 10.5 Å². The lowest BCUT2D eigenvalue weighted by molar-refractivity contribution is 0.473. The number of rotatable bonds is 4. The number of nitrogens with two attached hydrogens (primary N) is 1. The number of halogens is 2. The molecule has 2 aromatic rings. The lowest BCUT2D eigenvalue weighted by atomic mass is 10.1. The fourth-order valence-corrected chi connectivity index (χ4v) is 2.32. The van der Waals surface area contributed by atoms with Gasteiger partial charge in [-0.05, 0) is 49.2 Å². The molecule has 0 saturated carbocycles. The first kappa shape index (κ1) is 14.4. The van der Waals surface area contributed by atoms with Crippen LogP contribution >= 0.6 is 27.5 Å². The number of ether oxygens (including phenoxy) is 1. The van der Waals surface area contributed by atoms with Gasteiger partial charge in [0, 0.05) is 15.5 Å². The molecule has 19 heavy (non-hydrogen) atoms. The van der Waals surface area contributed by atoms with E-state index in [4.69, 9.17) is 22.1 Å². The predicted octanol–water partition coefficient (Wildman–Crippen LogP) is 4.78. The molecule has 100 valence electrons. The van der Waals surface area contributed by atoms with Crippen LogP contribution in [-0.4, -0.2) is 6.04 Å². The highest BCUT2D eigenvalue weighted by molar-refractivity contribution is 9.10. The van der Waals surface area contributed by atoms with Crippen molar-refractivity contribution in [3.05, 3.63) is 57.5 Å². The van der Waals surface area contributed by atoms with Crippen LogP contribution in [0.4, 0.5) is 0 Å². The predicted molar refractivity (Wildman–Crippen MR) is 83.0 cm³/mol. The van der Waals surface area contributed by atoms with Crippen LogP contribution in [0.25, 0.3) is 0 Å². The van der Waals surface area contributed by atoms with Crippen molar-refractivity contribution in [1.82, 2.24) is 0 Å². The van der Waals surface area contributed by atoms with E-state index >= 15 is 0 Å². The molecule has 0 spiro atoms. The van der Waals surface area contributed by atoms with E-state index < -0.39 is 0 Å². The molecule has 0 amide bonds. The minimum atomic E-state index is 0.0860. The van der Waals surface area contributed by atoms with Gasteiger partial charge in [0.05, 0.1) is 0 Å². The average molecular weight is 341 g/mol. The summed E-state index contributed by atoms with van der Waals surface area (Å²) in [6.45, 7) is 1.98. The van der Waals surface area contributed by atoms with E-state index in [1.54, 1.807) is 6.07 Å². The van der Waals surface area contributed by atoms with Gasteiger partial charge in [-0.15, -0.1) is 0 Å². The molecule has 0 bridgehead atoms. The Hall–Kier alpha value is -1.03. The van der Waals surface area contributed by atoms with Crippen LogP contribution in [0.5, 0.6) is 11.5 Å². The fourth-order valence-electron chi connectivity index (χ4n) is 1.80. The molecule has 4 heteroatoms. The summed E-state index contributed by atoms with van der Waals surface area (Å²) in [6, 6.07) is 13.4. The first-order valence-corrected chi connectivity index (χ1v) is 7.19. The summed E-state index contributed by atoms with van der Waals surface area (Å²) in [7, 11) is 0. The van der Waals surface area contributed by atoms with E-state index in [-0.39, 0.29) is 6.04 Å². The summed E-state index contributed by atoms with van der Waals surface area (Å²) in [5.74, 6) is 1.52. The van der Waals surface area contributed by atoms with Crippen molar-refractivity contribution in [2.45, 2.75) is 19.4 Å². The number of hydrogen-bond donors (Lipinski definition) is 1. The SMILES string of the molecule is CC(N)Cc1ccc(Br)cc1Oc1cccc(Cl)c1. The first-order chi connectivity index (χ1) is 9.04. The third-order valence-corrected chi connectivity index (χ3v) is 3.32. The Balaban J connectivity index is 2.30. The van der Waals surface area contributed by atoms with Crippen molar-refractivity contribution < 1.29 is 4.74 Å². The van der Waals surface area contributed by atoms with E-state index in [1.807, 2.05) is 43.3 Å². The van der Waals surface area contributed by atoms with E-state index in [9.17, 15) is 0 Å². The van der Waals surface area contributed by atoms with Crippen LogP contribution in [0.15, 0.2) is 46.9 Å². The Kier molecular flexibility index (Phi) is 4.86. The van der Waals surface area contributed by atoms with Crippen molar-refractivity contribution >= 4 is 27.5 Å². The molecular weight excluding hydrogens is 326 g/mol. The van der Waals surface area contributed by atoms with Crippen LogP contribution in [0.2, 0.25) is 5.02 Å². The van der Waals surface area contributed by atoms with Crippen molar-refractivity contribution in [2.75, 3.05) is 0 Å². The van der Waals surface area contributed by atoms with Gasteiger partial charge in [-0.2, -0.15) is 0 Å². The maximum atomic E-state index is 5.96. The van der Waals surface area contributed by atoms with Crippen LogP contribution in [0.3, 0.4) is 0 Å². The zero-order valence-electron chi connectivity index (χ0n) is 10.6. The van der Waals surface area contributed by atoms with E-state index in [0.29, 0.717) is 5.02 Å². The number of benzene rings is 2. The monoisotopic (exact) mass is 339 g/mol. The third-order valence-electron chi connectivity index (χ3n) is 2.59. The van der Waals surface area contributed by atoms with E-state index in [2.05, 4.69) is 15.9 Å². The Bertz CT molecular complexity index is 572. The van der Waals surface area contributed by atoms with Crippen LogP contribution in [0.1, 0.15) is 12.5 Å². The van der Waals surface area contributed by atoms with E-state index in [0.717, 1.165) is 28.0 Å². The van der Waals surface area contributed by atoms with Gasteiger partial charge in [-0.25, -0.2) is 0 Å². The van der Waals surface area contributed by atoms with Crippen molar-refractivity contribution in [3.8, 4) is 11.5 Å². The minimum Gasteiger partial charge on any atom is -0.457 e. The van der Waals surface area contributed by atoms with Gasteiger partial charge in [0.15, 0.2) is 0 Å². The van der Waals surface area contributed by atoms with Crippen LogP contribution in [0, 0.1) is 0 Å². The molecule has 0 fully saturated rings. The molecule has 0 radical (unpaired) electrons. The molecule has 2 N–H and O–H groups in total. The van der Waals surface area contributed by atoms with Gasteiger partial charge >= 0.3 is 0 Å². The molecule has 0 aliphatic carbocycles. The van der Waals surface area contributed by atoms with E-state index in [1.165, 1.54) is 0 Å². The topological polar surface area (TPSA) is 35.2 Å². The lowest BCUT2D eigenvalue weighted by Gasteiger charge is -2.13. The molecular formula is C15H15BrClNO. The fraction of sp³-hybridized carbons (Fsp3) is 0.200. The second-order valence-corrected chi connectivity index (χ2v) is 5.85. The molecule has 2 rings (SSSR count). The molecule has 1 unspecified atom stereocenters. The highest BCUT2D eigenvalue weighted by atomic mass is 79.9. The summed E-state index contributed by atoms with van der Waals surface area (Å²) in [5, 5.41) is 0.654. The second-order valence-electron chi connectivity index (χ2n) is 4.49. The largest absolute Gasteiger partial charge is 0.457 e. The maximum absolute atomic E-state index is 5.96. The molecule has 2 aromatic carbocycles. The zero-order chi connectivity index (χ0) is 13.8. The molecule has 0 aromatic heterocycles. The third kappa shape index (κ3) is 4.23. The number of hydrogen-bond acceptors (Lipinski definition) is 2. The van der Waals surface area contributed by atoms with Crippen LogP contribution in [-0.2, 0) is 6.42 Å². The Morgan fingerprint density at radius 1 is 1.26 bits per heavy atom. The quantitative estimate of drug-likeness (QED) is 0.869. The van der Waals surface area contributed by atoms with Gasteiger partial charge in [0.2, 0.25) is 0 Å². The van der Waals surface area contributed by atoms with Crippen molar-refractivity contribution in [2.24, 2.45) is 5.73 Å². The minimum absolute atomic E-state index is 0.0860. The van der Waals surface area contributed by atoms with Crippen molar-refractivity contribution in [1.29, 1.82) is 0 Å². The zero-order valence-corrected chi connectivity index (χ0v) is 12.9.